The van der Waals surface area contributed by atoms with Gasteiger partial charge in [-0.15, -0.1) is 0 Å². The van der Waals surface area contributed by atoms with Crippen molar-refractivity contribution in [3.8, 4) is 0 Å². The van der Waals surface area contributed by atoms with Crippen LogP contribution in [-0.4, -0.2) is 22.7 Å². The predicted octanol–water partition coefficient (Wildman–Crippen LogP) is 2.29. The molecule has 0 saturated heterocycles. The van der Waals surface area contributed by atoms with Crippen LogP contribution >= 0.6 is 15.9 Å². The molecule has 16 heavy (non-hydrogen) atoms. The van der Waals surface area contributed by atoms with E-state index in [2.05, 4.69) is 21.2 Å². The van der Waals surface area contributed by atoms with Crippen LogP contribution in [0.3, 0.4) is 0 Å². The van der Waals surface area contributed by atoms with Gasteiger partial charge in [0.25, 0.3) is 5.69 Å². The number of aliphatic hydroxyl groups is 1. The minimum atomic E-state index is -0.614. The van der Waals surface area contributed by atoms with Crippen molar-refractivity contribution in [3.05, 3.63) is 32.5 Å². The zero-order valence-corrected chi connectivity index (χ0v) is 9.99. The number of nitrogens with zero attached hydrogens (tertiary/aromatic N) is 1. The van der Waals surface area contributed by atoms with Gasteiger partial charge < -0.3 is 10.4 Å². The Morgan fingerprint density at radius 2 is 2.31 bits per heavy atom. The predicted molar refractivity (Wildman–Crippen MR) is 60.9 cm³/mol. The molecule has 88 valence electrons. The number of hydrogen-bond donors (Lipinski definition) is 2. The summed E-state index contributed by atoms with van der Waals surface area (Å²) in [6.45, 7) is 1.43. The maximum Gasteiger partial charge on any atom is 0.293 e. The van der Waals surface area contributed by atoms with Crippen molar-refractivity contribution in [3.63, 3.8) is 0 Å². The largest absolute Gasteiger partial charge is 0.394 e. The van der Waals surface area contributed by atoms with E-state index in [0.29, 0.717) is 0 Å². The molecule has 0 aliphatic heterocycles. The molecule has 0 aliphatic rings. The Hall–Kier alpha value is -1.21. The average Bonchev–Trinajstić information content (AvgIpc) is 2.22. The van der Waals surface area contributed by atoms with Crippen molar-refractivity contribution in [1.82, 2.24) is 0 Å². The first-order valence-electron chi connectivity index (χ1n) is 4.46. The number of nitrogens with one attached hydrogen (secondary N) is 1. The van der Waals surface area contributed by atoms with Crippen LogP contribution in [-0.2, 0) is 0 Å². The van der Waals surface area contributed by atoms with E-state index in [1.807, 2.05) is 0 Å². The second-order valence-electron chi connectivity index (χ2n) is 3.27. The third kappa shape index (κ3) is 2.89. The zero-order valence-electron chi connectivity index (χ0n) is 8.41. The molecule has 0 radical (unpaired) electrons. The Balaban J connectivity index is 3.14. The van der Waals surface area contributed by atoms with Crippen molar-refractivity contribution < 1.29 is 14.4 Å². The van der Waals surface area contributed by atoms with Crippen LogP contribution in [0.1, 0.15) is 6.92 Å². The number of hydrogen-bond acceptors (Lipinski definition) is 4. The molecular weight excluding hydrogens is 283 g/mol. The van der Waals surface area contributed by atoms with Crippen LogP contribution in [0.15, 0.2) is 16.6 Å². The summed E-state index contributed by atoms with van der Waals surface area (Å²) < 4.78 is 13.2. The Labute approximate surface area is 99.6 Å². The molecule has 1 rings (SSSR count). The lowest BCUT2D eigenvalue weighted by Gasteiger charge is -2.12. The SMILES string of the molecule is CC(CO)Nc1cc(F)c(Br)cc1[N+](=O)[O-]. The van der Waals surface area contributed by atoms with Gasteiger partial charge in [-0.3, -0.25) is 10.1 Å². The average molecular weight is 293 g/mol. The summed E-state index contributed by atoms with van der Waals surface area (Å²) in [5, 5.41) is 22.2. The molecule has 0 saturated carbocycles. The molecule has 1 atom stereocenters. The first kappa shape index (κ1) is 12.9. The summed E-state index contributed by atoms with van der Waals surface area (Å²) >= 11 is 2.88. The highest BCUT2D eigenvalue weighted by molar-refractivity contribution is 9.10. The Kier molecular flexibility index (Phi) is 4.19. The van der Waals surface area contributed by atoms with Gasteiger partial charge in [-0.25, -0.2) is 4.39 Å². The topological polar surface area (TPSA) is 75.4 Å². The van der Waals surface area contributed by atoms with Gasteiger partial charge in [0.2, 0.25) is 0 Å². The molecular formula is C9H10BrFN2O3. The standard InChI is InChI=1S/C9H10BrFN2O3/c1-5(4-14)12-8-3-7(11)6(10)2-9(8)13(15)16/h2-3,5,12,14H,4H2,1H3. The number of nitro benzene ring substituents is 1. The zero-order chi connectivity index (χ0) is 12.3. The van der Waals surface area contributed by atoms with Gasteiger partial charge in [0.05, 0.1) is 16.0 Å². The van der Waals surface area contributed by atoms with Crippen molar-refractivity contribution >= 4 is 27.3 Å². The smallest absolute Gasteiger partial charge is 0.293 e. The van der Waals surface area contributed by atoms with Gasteiger partial charge in [-0.2, -0.15) is 0 Å². The van der Waals surface area contributed by atoms with Gasteiger partial charge in [-0.05, 0) is 22.9 Å². The van der Waals surface area contributed by atoms with Crippen LogP contribution in [0.25, 0.3) is 0 Å². The molecule has 0 spiro atoms. The van der Waals surface area contributed by atoms with Crippen molar-refractivity contribution in [2.24, 2.45) is 0 Å². The van der Waals surface area contributed by atoms with Gasteiger partial charge >= 0.3 is 0 Å². The highest BCUT2D eigenvalue weighted by Crippen LogP contribution is 2.30. The van der Waals surface area contributed by atoms with Crippen LogP contribution in [0, 0.1) is 15.9 Å². The van der Waals surface area contributed by atoms with E-state index >= 15 is 0 Å². The van der Waals surface area contributed by atoms with Crippen LogP contribution in [0.2, 0.25) is 0 Å². The molecule has 0 bridgehead atoms. The fourth-order valence-electron chi connectivity index (χ4n) is 1.11. The van der Waals surface area contributed by atoms with E-state index in [1.54, 1.807) is 6.92 Å². The minimum Gasteiger partial charge on any atom is -0.394 e. The number of anilines is 1. The van der Waals surface area contributed by atoms with E-state index in [9.17, 15) is 14.5 Å². The third-order valence-corrected chi connectivity index (χ3v) is 2.52. The lowest BCUT2D eigenvalue weighted by molar-refractivity contribution is -0.384. The molecule has 2 N–H and O–H groups in total. The first-order chi connectivity index (χ1) is 7.45. The molecule has 0 fully saturated rings. The number of benzene rings is 1. The highest BCUT2D eigenvalue weighted by Gasteiger charge is 2.18. The van der Waals surface area contributed by atoms with Gasteiger partial charge in [-0.1, -0.05) is 0 Å². The summed E-state index contributed by atoms with van der Waals surface area (Å²) in [6, 6.07) is 1.72. The third-order valence-electron chi connectivity index (χ3n) is 1.91. The van der Waals surface area contributed by atoms with Crippen LogP contribution in [0.4, 0.5) is 15.8 Å². The summed E-state index contributed by atoms with van der Waals surface area (Å²) in [4.78, 5) is 10.1. The number of nitro groups is 1. The number of aliphatic hydroxyl groups excluding tert-OH is 1. The van der Waals surface area contributed by atoms with Crippen LogP contribution in [0.5, 0.6) is 0 Å². The van der Waals surface area contributed by atoms with Gasteiger partial charge in [0, 0.05) is 18.2 Å². The minimum absolute atomic E-state index is 0.0291. The second kappa shape index (κ2) is 5.22. The maximum absolute atomic E-state index is 13.2. The highest BCUT2D eigenvalue weighted by atomic mass is 79.9. The van der Waals surface area contributed by atoms with Crippen molar-refractivity contribution in [2.45, 2.75) is 13.0 Å². The molecule has 0 amide bonds. The van der Waals surface area contributed by atoms with Gasteiger partial charge in [0.1, 0.15) is 11.5 Å². The summed E-state index contributed by atoms with van der Waals surface area (Å²) in [6.07, 6.45) is 0. The second-order valence-corrected chi connectivity index (χ2v) is 4.12. The molecule has 1 aromatic rings. The van der Waals surface area contributed by atoms with E-state index in [1.165, 1.54) is 0 Å². The quantitative estimate of drug-likeness (QED) is 0.659. The molecule has 0 aromatic heterocycles. The summed E-state index contributed by atoms with van der Waals surface area (Å²) in [5.41, 5.74) is -0.194. The van der Waals surface area contributed by atoms with Crippen molar-refractivity contribution in [2.75, 3.05) is 11.9 Å². The lowest BCUT2D eigenvalue weighted by atomic mass is 10.2. The monoisotopic (exact) mass is 292 g/mol. The molecule has 7 heteroatoms. The maximum atomic E-state index is 13.2. The fourth-order valence-corrected chi connectivity index (χ4v) is 1.45. The molecule has 5 nitrogen and oxygen atoms in total. The Morgan fingerprint density at radius 3 is 2.81 bits per heavy atom. The number of halogens is 2. The molecule has 0 heterocycles. The van der Waals surface area contributed by atoms with E-state index in [-0.39, 0.29) is 28.5 Å². The Morgan fingerprint density at radius 1 is 1.69 bits per heavy atom. The first-order valence-corrected chi connectivity index (χ1v) is 5.25. The molecule has 0 aliphatic carbocycles. The van der Waals surface area contributed by atoms with E-state index in [0.717, 1.165) is 12.1 Å². The molecule has 1 unspecified atom stereocenters. The summed E-state index contributed by atoms with van der Waals surface area (Å²) in [7, 11) is 0. The number of rotatable bonds is 4. The fraction of sp³-hybridized carbons (Fsp3) is 0.333. The summed E-state index contributed by atoms with van der Waals surface area (Å²) in [5.74, 6) is -0.599. The van der Waals surface area contributed by atoms with Crippen LogP contribution < -0.4 is 5.32 Å². The van der Waals surface area contributed by atoms with Gasteiger partial charge in [0.15, 0.2) is 0 Å². The van der Waals surface area contributed by atoms with E-state index < -0.39 is 10.7 Å². The van der Waals surface area contributed by atoms with E-state index in [4.69, 9.17) is 5.11 Å². The Bertz CT molecular complexity index is 414. The normalized spacial score (nSPS) is 12.2. The lowest BCUT2D eigenvalue weighted by Crippen LogP contribution is -2.20. The van der Waals surface area contributed by atoms with Crippen molar-refractivity contribution in [1.29, 1.82) is 0 Å². The molecule has 1 aromatic carbocycles.